The monoisotopic (exact) mass is 393 g/mol. The molecule has 0 spiro atoms. The molecule has 1 N–H and O–H groups in total. The summed E-state index contributed by atoms with van der Waals surface area (Å²) in [5.74, 6) is 0.801. The Bertz CT molecular complexity index is 797. The zero-order valence-corrected chi connectivity index (χ0v) is 17.7. The molecule has 3 rings (SSSR count). The standard InChI is InChI=1S/C20H31N3O3S/c1-14-11-15(2)17(4)20(16(14)3)27(25,26)23-9-7-22(8-10-23)19(24)13-21-12-18-5-6-18/h11,18,21H,5-10,12-13H2,1-4H3. The van der Waals surface area contributed by atoms with Gasteiger partial charge in [-0.3, -0.25) is 4.79 Å². The highest BCUT2D eigenvalue weighted by Gasteiger charge is 2.33. The zero-order valence-electron chi connectivity index (χ0n) is 16.8. The van der Waals surface area contributed by atoms with Crippen molar-refractivity contribution in [2.75, 3.05) is 39.3 Å². The first-order valence-electron chi connectivity index (χ1n) is 9.78. The maximum Gasteiger partial charge on any atom is 0.243 e. The van der Waals surface area contributed by atoms with Crippen molar-refractivity contribution < 1.29 is 13.2 Å². The lowest BCUT2D eigenvalue weighted by Gasteiger charge is -2.35. The normalized spacial score (nSPS) is 18.7. The fraction of sp³-hybridized carbons (Fsp3) is 0.650. The SMILES string of the molecule is Cc1cc(C)c(C)c(S(=O)(=O)N2CCN(C(=O)CNCC3CC3)CC2)c1C. The van der Waals surface area contributed by atoms with Crippen LogP contribution >= 0.6 is 0 Å². The van der Waals surface area contributed by atoms with E-state index in [1.165, 1.54) is 17.1 Å². The third-order valence-corrected chi connectivity index (χ3v) is 8.07. The van der Waals surface area contributed by atoms with E-state index in [2.05, 4.69) is 5.32 Å². The summed E-state index contributed by atoms with van der Waals surface area (Å²) in [6.45, 7) is 10.5. The summed E-state index contributed by atoms with van der Waals surface area (Å²) >= 11 is 0. The van der Waals surface area contributed by atoms with Gasteiger partial charge in [0.25, 0.3) is 0 Å². The molecular weight excluding hydrogens is 362 g/mol. The zero-order chi connectivity index (χ0) is 19.8. The van der Waals surface area contributed by atoms with Gasteiger partial charge in [-0.2, -0.15) is 4.31 Å². The van der Waals surface area contributed by atoms with Crippen molar-refractivity contribution in [1.29, 1.82) is 0 Å². The molecule has 1 heterocycles. The number of hydrogen-bond acceptors (Lipinski definition) is 4. The molecule has 6 nitrogen and oxygen atoms in total. The van der Waals surface area contributed by atoms with Crippen LogP contribution in [0.2, 0.25) is 0 Å². The summed E-state index contributed by atoms with van der Waals surface area (Å²) in [6, 6.07) is 2.04. The van der Waals surface area contributed by atoms with Crippen molar-refractivity contribution in [2.24, 2.45) is 5.92 Å². The van der Waals surface area contributed by atoms with Crippen molar-refractivity contribution in [3.8, 4) is 0 Å². The highest BCUT2D eigenvalue weighted by molar-refractivity contribution is 7.89. The van der Waals surface area contributed by atoms with Gasteiger partial charge in [0.2, 0.25) is 15.9 Å². The summed E-state index contributed by atoms with van der Waals surface area (Å²) in [5.41, 5.74) is 3.63. The Hall–Kier alpha value is -1.44. The Morgan fingerprint density at radius 1 is 1.04 bits per heavy atom. The van der Waals surface area contributed by atoms with Gasteiger partial charge in [0.1, 0.15) is 0 Å². The Balaban J connectivity index is 1.65. The minimum atomic E-state index is -3.56. The molecule has 0 bridgehead atoms. The smallest absolute Gasteiger partial charge is 0.243 e. The number of benzene rings is 1. The van der Waals surface area contributed by atoms with E-state index in [1.54, 1.807) is 4.90 Å². The number of aryl methyl sites for hydroxylation is 2. The number of carbonyl (C=O) groups is 1. The van der Waals surface area contributed by atoms with Gasteiger partial charge >= 0.3 is 0 Å². The van der Waals surface area contributed by atoms with E-state index in [0.717, 1.165) is 34.7 Å². The minimum absolute atomic E-state index is 0.0615. The first kappa shape index (κ1) is 20.3. The van der Waals surface area contributed by atoms with E-state index in [9.17, 15) is 13.2 Å². The molecule has 1 saturated heterocycles. The predicted molar refractivity (Wildman–Crippen MR) is 106 cm³/mol. The highest BCUT2D eigenvalue weighted by Crippen LogP contribution is 2.29. The first-order valence-corrected chi connectivity index (χ1v) is 11.2. The summed E-state index contributed by atoms with van der Waals surface area (Å²) < 4.78 is 28.1. The highest BCUT2D eigenvalue weighted by atomic mass is 32.2. The van der Waals surface area contributed by atoms with Gasteiger partial charge in [-0.25, -0.2) is 8.42 Å². The van der Waals surface area contributed by atoms with Gasteiger partial charge in [0.05, 0.1) is 11.4 Å². The van der Waals surface area contributed by atoms with Crippen LogP contribution in [0.15, 0.2) is 11.0 Å². The van der Waals surface area contributed by atoms with Crippen LogP contribution in [0.1, 0.15) is 35.1 Å². The second kappa shape index (κ2) is 7.89. The lowest BCUT2D eigenvalue weighted by Crippen LogP contribution is -2.52. The predicted octanol–water partition coefficient (Wildman–Crippen LogP) is 1.75. The lowest BCUT2D eigenvalue weighted by molar-refractivity contribution is -0.131. The van der Waals surface area contributed by atoms with E-state index < -0.39 is 10.0 Å². The second-order valence-corrected chi connectivity index (χ2v) is 9.82. The van der Waals surface area contributed by atoms with Crippen LogP contribution in [0.3, 0.4) is 0 Å². The lowest BCUT2D eigenvalue weighted by atomic mass is 10.0. The number of carbonyl (C=O) groups excluding carboxylic acids is 1. The average molecular weight is 394 g/mol. The Morgan fingerprint density at radius 2 is 1.59 bits per heavy atom. The van der Waals surface area contributed by atoms with Crippen LogP contribution < -0.4 is 5.32 Å². The Kier molecular flexibility index (Phi) is 5.93. The molecule has 1 amide bonds. The number of nitrogens with zero attached hydrogens (tertiary/aromatic N) is 2. The van der Waals surface area contributed by atoms with Gasteiger partial charge in [0, 0.05) is 26.2 Å². The van der Waals surface area contributed by atoms with Gasteiger partial charge in [-0.05, 0) is 75.3 Å². The van der Waals surface area contributed by atoms with Gasteiger partial charge in [-0.15, -0.1) is 0 Å². The first-order chi connectivity index (χ1) is 12.7. The molecule has 2 aliphatic rings. The van der Waals surface area contributed by atoms with Crippen LogP contribution in [-0.4, -0.2) is 62.8 Å². The maximum absolute atomic E-state index is 13.3. The average Bonchev–Trinajstić information content (AvgIpc) is 3.44. The molecule has 1 aliphatic heterocycles. The summed E-state index contributed by atoms with van der Waals surface area (Å²) in [6.07, 6.45) is 2.52. The van der Waals surface area contributed by atoms with Crippen molar-refractivity contribution in [2.45, 2.75) is 45.4 Å². The number of hydrogen-bond donors (Lipinski definition) is 1. The molecule has 150 valence electrons. The summed E-state index contributed by atoms with van der Waals surface area (Å²) in [5, 5.41) is 3.22. The number of nitrogens with one attached hydrogen (secondary N) is 1. The second-order valence-electron chi connectivity index (χ2n) is 7.95. The molecule has 1 aliphatic carbocycles. The summed E-state index contributed by atoms with van der Waals surface area (Å²) in [4.78, 5) is 14.5. The van der Waals surface area contributed by atoms with Crippen LogP contribution in [0.5, 0.6) is 0 Å². The number of sulfonamides is 1. The van der Waals surface area contributed by atoms with Crippen molar-refractivity contribution in [3.05, 3.63) is 28.3 Å². The fourth-order valence-corrected chi connectivity index (χ4v) is 5.69. The summed E-state index contributed by atoms with van der Waals surface area (Å²) in [7, 11) is -3.56. The van der Waals surface area contributed by atoms with E-state index in [0.29, 0.717) is 37.6 Å². The van der Waals surface area contributed by atoms with Crippen LogP contribution in [0, 0.1) is 33.6 Å². The molecule has 1 aromatic rings. The van der Waals surface area contributed by atoms with Gasteiger partial charge in [-0.1, -0.05) is 6.07 Å². The molecule has 7 heteroatoms. The van der Waals surface area contributed by atoms with Crippen LogP contribution in [0.4, 0.5) is 0 Å². The van der Waals surface area contributed by atoms with Crippen LogP contribution in [-0.2, 0) is 14.8 Å². The minimum Gasteiger partial charge on any atom is -0.339 e. The third-order valence-electron chi connectivity index (χ3n) is 5.89. The molecule has 0 unspecified atom stereocenters. The van der Waals surface area contributed by atoms with Crippen molar-refractivity contribution in [1.82, 2.24) is 14.5 Å². The van der Waals surface area contributed by atoms with Crippen LogP contribution in [0.25, 0.3) is 0 Å². The Labute approximate surface area is 163 Å². The molecular formula is C20H31N3O3S. The molecule has 1 aromatic carbocycles. The molecule has 1 saturated carbocycles. The quantitative estimate of drug-likeness (QED) is 0.799. The molecule has 2 fully saturated rings. The third kappa shape index (κ3) is 4.36. The largest absolute Gasteiger partial charge is 0.339 e. The molecule has 0 radical (unpaired) electrons. The maximum atomic E-state index is 13.3. The number of rotatable bonds is 6. The van der Waals surface area contributed by atoms with E-state index in [4.69, 9.17) is 0 Å². The van der Waals surface area contributed by atoms with Crippen molar-refractivity contribution in [3.63, 3.8) is 0 Å². The van der Waals surface area contributed by atoms with E-state index >= 15 is 0 Å². The molecule has 27 heavy (non-hydrogen) atoms. The number of amides is 1. The van der Waals surface area contributed by atoms with E-state index in [-0.39, 0.29) is 5.91 Å². The van der Waals surface area contributed by atoms with E-state index in [1.807, 2.05) is 33.8 Å². The van der Waals surface area contributed by atoms with Gasteiger partial charge < -0.3 is 10.2 Å². The Morgan fingerprint density at radius 3 is 2.11 bits per heavy atom. The molecule has 0 aromatic heterocycles. The van der Waals surface area contributed by atoms with Gasteiger partial charge in [0.15, 0.2) is 0 Å². The fourth-order valence-electron chi connectivity index (χ4n) is 3.69. The number of piperazine rings is 1. The van der Waals surface area contributed by atoms with Crippen molar-refractivity contribution >= 4 is 15.9 Å². The topological polar surface area (TPSA) is 69.7 Å². The molecule has 0 atom stereocenters.